The molecule has 0 bridgehead atoms. The van der Waals surface area contributed by atoms with E-state index in [4.69, 9.17) is 5.11 Å². The number of nitrogens with zero attached hydrogens (tertiary/aromatic N) is 3. The average molecular weight is 207 g/mol. The molecule has 0 saturated carbocycles. The fraction of sp³-hybridized carbons (Fsp3) is 0.222. The fourth-order valence-corrected chi connectivity index (χ4v) is 1.51. The molecule has 78 valence electrons. The number of rotatable bonds is 1. The molecule has 6 heteroatoms. The van der Waals surface area contributed by atoms with Gasteiger partial charge in [0.15, 0.2) is 5.65 Å². The first-order valence-corrected chi connectivity index (χ1v) is 4.27. The molecule has 0 aliphatic heterocycles. The maximum atomic E-state index is 11.7. The summed E-state index contributed by atoms with van der Waals surface area (Å²) in [6.07, 6.45) is 2.80. The molecule has 0 spiro atoms. The van der Waals surface area contributed by atoms with Gasteiger partial charge in [-0.15, -0.1) is 0 Å². The Morgan fingerprint density at radius 1 is 1.40 bits per heavy atom. The van der Waals surface area contributed by atoms with E-state index in [0.29, 0.717) is 11.0 Å². The van der Waals surface area contributed by atoms with Crippen molar-refractivity contribution in [3.8, 4) is 0 Å². The van der Waals surface area contributed by atoms with Gasteiger partial charge in [-0.3, -0.25) is 9.48 Å². The number of carboxylic acids is 1. The quantitative estimate of drug-likeness (QED) is 0.712. The summed E-state index contributed by atoms with van der Waals surface area (Å²) >= 11 is 0. The lowest BCUT2D eigenvalue weighted by molar-refractivity contribution is 0.0695. The van der Waals surface area contributed by atoms with Gasteiger partial charge in [0.2, 0.25) is 5.43 Å². The van der Waals surface area contributed by atoms with Crippen molar-refractivity contribution < 1.29 is 9.90 Å². The van der Waals surface area contributed by atoms with Crippen molar-refractivity contribution in [1.29, 1.82) is 0 Å². The Kier molecular flexibility index (Phi) is 1.85. The minimum atomic E-state index is -1.22. The van der Waals surface area contributed by atoms with Gasteiger partial charge in [0.1, 0.15) is 5.56 Å². The minimum Gasteiger partial charge on any atom is -0.477 e. The highest BCUT2D eigenvalue weighted by Gasteiger charge is 2.14. The maximum absolute atomic E-state index is 11.7. The van der Waals surface area contributed by atoms with Crippen molar-refractivity contribution >= 4 is 17.0 Å². The lowest BCUT2D eigenvalue weighted by Crippen LogP contribution is -2.17. The van der Waals surface area contributed by atoms with Gasteiger partial charge in [-0.25, -0.2) is 4.79 Å². The Labute approximate surface area is 84.4 Å². The topological polar surface area (TPSA) is 77.1 Å². The van der Waals surface area contributed by atoms with E-state index in [-0.39, 0.29) is 5.56 Å². The van der Waals surface area contributed by atoms with Crippen LogP contribution in [0.1, 0.15) is 10.4 Å². The van der Waals surface area contributed by atoms with Gasteiger partial charge in [-0.2, -0.15) is 5.10 Å². The monoisotopic (exact) mass is 207 g/mol. The van der Waals surface area contributed by atoms with E-state index in [1.807, 2.05) is 0 Å². The molecule has 0 unspecified atom stereocenters. The van der Waals surface area contributed by atoms with Crippen LogP contribution >= 0.6 is 0 Å². The van der Waals surface area contributed by atoms with Gasteiger partial charge in [0.25, 0.3) is 0 Å². The van der Waals surface area contributed by atoms with Gasteiger partial charge in [-0.05, 0) is 0 Å². The number of aryl methyl sites for hydroxylation is 2. The maximum Gasteiger partial charge on any atom is 0.341 e. The second-order valence-electron chi connectivity index (χ2n) is 3.33. The largest absolute Gasteiger partial charge is 0.477 e. The summed E-state index contributed by atoms with van der Waals surface area (Å²) in [5, 5.41) is 13.2. The molecule has 2 heterocycles. The third-order valence-electron chi connectivity index (χ3n) is 2.19. The first kappa shape index (κ1) is 9.45. The van der Waals surface area contributed by atoms with Crippen LogP contribution in [0.25, 0.3) is 11.0 Å². The van der Waals surface area contributed by atoms with Crippen LogP contribution in [0.5, 0.6) is 0 Å². The number of carbonyl (C=O) groups is 1. The third-order valence-corrected chi connectivity index (χ3v) is 2.19. The van der Waals surface area contributed by atoms with Crippen LogP contribution in [-0.2, 0) is 14.1 Å². The molecular formula is C9H9N3O3. The molecular weight excluding hydrogens is 198 g/mol. The second-order valence-corrected chi connectivity index (χ2v) is 3.33. The zero-order chi connectivity index (χ0) is 11.2. The lowest BCUT2D eigenvalue weighted by atomic mass is 10.2. The molecule has 0 atom stereocenters. The Balaban J connectivity index is 2.96. The Hall–Kier alpha value is -2.11. The fourth-order valence-electron chi connectivity index (χ4n) is 1.51. The minimum absolute atomic E-state index is 0.238. The molecule has 0 aromatic carbocycles. The van der Waals surface area contributed by atoms with Crippen molar-refractivity contribution in [2.75, 3.05) is 0 Å². The highest BCUT2D eigenvalue weighted by atomic mass is 16.4. The van der Waals surface area contributed by atoms with Crippen LogP contribution in [-0.4, -0.2) is 25.4 Å². The predicted octanol–water partition coefficient (Wildman–Crippen LogP) is -0.0298. The van der Waals surface area contributed by atoms with E-state index >= 15 is 0 Å². The molecule has 6 nitrogen and oxygen atoms in total. The molecule has 2 rings (SSSR count). The molecule has 1 N–H and O–H groups in total. The van der Waals surface area contributed by atoms with Crippen LogP contribution < -0.4 is 5.43 Å². The summed E-state index contributed by atoms with van der Waals surface area (Å²) in [6, 6.07) is 0. The van der Waals surface area contributed by atoms with E-state index in [9.17, 15) is 9.59 Å². The zero-order valence-electron chi connectivity index (χ0n) is 8.26. The first-order valence-electron chi connectivity index (χ1n) is 4.27. The molecule has 0 aliphatic carbocycles. The van der Waals surface area contributed by atoms with Crippen molar-refractivity contribution in [1.82, 2.24) is 14.3 Å². The van der Waals surface area contributed by atoms with Gasteiger partial charge >= 0.3 is 5.97 Å². The van der Waals surface area contributed by atoms with E-state index in [2.05, 4.69) is 5.10 Å². The summed E-state index contributed by atoms with van der Waals surface area (Å²) in [7, 11) is 3.33. The van der Waals surface area contributed by atoms with Gasteiger partial charge in [-0.1, -0.05) is 0 Å². The molecule has 2 aromatic heterocycles. The van der Waals surface area contributed by atoms with Gasteiger partial charge in [0, 0.05) is 26.5 Å². The van der Waals surface area contributed by atoms with Crippen LogP contribution in [0, 0.1) is 0 Å². The second kappa shape index (κ2) is 2.94. The standard InChI is InChI=1S/C9H9N3O3/c1-11-3-6(9(14)15)7(13)5-4-12(2)10-8(5)11/h3-4H,1-2H3,(H,14,15). The van der Waals surface area contributed by atoms with Gasteiger partial charge in [0.05, 0.1) is 5.39 Å². The molecule has 0 fully saturated rings. The number of carboxylic acid groups (broad SMARTS) is 1. The molecule has 0 radical (unpaired) electrons. The normalized spacial score (nSPS) is 10.8. The van der Waals surface area contributed by atoms with Gasteiger partial charge < -0.3 is 9.67 Å². The molecule has 0 aliphatic rings. The summed E-state index contributed by atoms with van der Waals surface area (Å²) in [4.78, 5) is 22.5. The first-order chi connectivity index (χ1) is 7.00. The van der Waals surface area contributed by atoms with E-state index < -0.39 is 11.4 Å². The number of hydrogen-bond donors (Lipinski definition) is 1. The number of aromatic carboxylic acids is 1. The Morgan fingerprint density at radius 3 is 2.67 bits per heavy atom. The number of aromatic nitrogens is 3. The van der Waals surface area contributed by atoms with Crippen molar-refractivity contribution in [3.05, 3.63) is 28.2 Å². The highest BCUT2D eigenvalue weighted by Crippen LogP contribution is 2.07. The van der Waals surface area contributed by atoms with E-state index in [0.717, 1.165) is 0 Å². The molecule has 0 amide bonds. The number of hydrogen-bond acceptors (Lipinski definition) is 3. The van der Waals surface area contributed by atoms with E-state index in [1.165, 1.54) is 21.6 Å². The Bertz CT molecular complexity index is 609. The highest BCUT2D eigenvalue weighted by molar-refractivity contribution is 5.91. The lowest BCUT2D eigenvalue weighted by Gasteiger charge is -2.00. The van der Waals surface area contributed by atoms with Crippen molar-refractivity contribution in [2.45, 2.75) is 0 Å². The van der Waals surface area contributed by atoms with Crippen LogP contribution in [0.3, 0.4) is 0 Å². The SMILES string of the molecule is Cn1cc2c(=O)c(C(=O)O)cn(C)c2n1. The summed E-state index contributed by atoms with van der Waals surface area (Å²) in [6.45, 7) is 0. The molecule has 15 heavy (non-hydrogen) atoms. The zero-order valence-corrected chi connectivity index (χ0v) is 8.26. The molecule has 0 saturated heterocycles. The third kappa shape index (κ3) is 1.30. The van der Waals surface area contributed by atoms with E-state index in [1.54, 1.807) is 14.1 Å². The van der Waals surface area contributed by atoms with Crippen LogP contribution in [0.4, 0.5) is 0 Å². The Morgan fingerprint density at radius 2 is 2.07 bits per heavy atom. The van der Waals surface area contributed by atoms with Crippen molar-refractivity contribution in [3.63, 3.8) is 0 Å². The predicted molar refractivity (Wildman–Crippen MR) is 52.9 cm³/mol. The average Bonchev–Trinajstić information content (AvgIpc) is 2.53. The summed E-state index contributed by atoms with van der Waals surface area (Å²) in [5.74, 6) is -1.22. The molecule has 2 aromatic rings. The smallest absolute Gasteiger partial charge is 0.341 e. The number of fused-ring (bicyclic) bond motifs is 1. The van der Waals surface area contributed by atoms with Crippen LogP contribution in [0.2, 0.25) is 0 Å². The van der Waals surface area contributed by atoms with Crippen molar-refractivity contribution in [2.24, 2.45) is 14.1 Å². The van der Waals surface area contributed by atoms with Crippen LogP contribution in [0.15, 0.2) is 17.2 Å². The number of pyridine rings is 1. The summed E-state index contributed by atoms with van der Waals surface area (Å²) < 4.78 is 3.01. The summed E-state index contributed by atoms with van der Waals surface area (Å²) in [5.41, 5.74) is -0.255.